The molecule has 0 aliphatic carbocycles. The first-order valence-electron chi connectivity index (χ1n) is 6.11. The Kier molecular flexibility index (Phi) is 5.46. The van der Waals surface area contributed by atoms with Crippen LogP contribution in [0.15, 0.2) is 12.2 Å². The molecule has 1 saturated heterocycles. The lowest BCUT2D eigenvalue weighted by atomic mass is 9.79. The van der Waals surface area contributed by atoms with Gasteiger partial charge in [0.2, 0.25) is 0 Å². The third kappa shape index (κ3) is 4.24. The van der Waals surface area contributed by atoms with Gasteiger partial charge in [0, 0.05) is 25.6 Å². The van der Waals surface area contributed by atoms with E-state index in [4.69, 9.17) is 4.74 Å². The highest BCUT2D eigenvalue weighted by molar-refractivity contribution is 4.94. The van der Waals surface area contributed by atoms with Gasteiger partial charge >= 0.3 is 0 Å². The second-order valence-corrected chi connectivity index (χ2v) is 5.31. The maximum absolute atomic E-state index is 5.41. The van der Waals surface area contributed by atoms with Gasteiger partial charge in [0.1, 0.15) is 0 Å². The second kappa shape index (κ2) is 6.38. The topological polar surface area (TPSA) is 24.5 Å². The molecule has 3 heteroatoms. The predicted molar refractivity (Wildman–Crippen MR) is 68.7 cm³/mol. The molecule has 0 aromatic heterocycles. The van der Waals surface area contributed by atoms with E-state index in [1.807, 2.05) is 7.11 Å². The summed E-state index contributed by atoms with van der Waals surface area (Å²) in [5.74, 6) is 0. The molecule has 0 aromatic rings. The van der Waals surface area contributed by atoms with Gasteiger partial charge in [-0.15, -0.1) is 0 Å². The van der Waals surface area contributed by atoms with Gasteiger partial charge in [0.25, 0.3) is 0 Å². The lowest BCUT2D eigenvalue weighted by Crippen LogP contribution is -2.46. The van der Waals surface area contributed by atoms with Crippen molar-refractivity contribution in [3.05, 3.63) is 12.2 Å². The number of ether oxygens (including phenoxy) is 1. The zero-order valence-corrected chi connectivity index (χ0v) is 11.0. The summed E-state index contributed by atoms with van der Waals surface area (Å²) in [7, 11) is 3.98. The van der Waals surface area contributed by atoms with E-state index >= 15 is 0 Å². The minimum absolute atomic E-state index is 0.337. The van der Waals surface area contributed by atoms with E-state index in [2.05, 4.69) is 30.8 Å². The first kappa shape index (κ1) is 13.7. The molecule has 16 heavy (non-hydrogen) atoms. The monoisotopic (exact) mass is 226 g/mol. The fraction of sp³-hybridized carbons (Fsp3) is 0.846. The van der Waals surface area contributed by atoms with Gasteiger partial charge in [-0.05, 0) is 39.9 Å². The van der Waals surface area contributed by atoms with Crippen LogP contribution in [-0.2, 0) is 4.74 Å². The number of nitrogens with zero attached hydrogens (tertiary/aromatic N) is 1. The number of methoxy groups -OCH3 is 1. The summed E-state index contributed by atoms with van der Waals surface area (Å²) in [6.45, 7) is 11.2. The first-order chi connectivity index (χ1) is 7.58. The molecule has 94 valence electrons. The Hall–Kier alpha value is -0.380. The average molecular weight is 226 g/mol. The fourth-order valence-electron chi connectivity index (χ4n) is 2.70. The molecule has 0 aromatic carbocycles. The van der Waals surface area contributed by atoms with Crippen LogP contribution in [0.5, 0.6) is 0 Å². The van der Waals surface area contributed by atoms with Crippen LogP contribution in [0.2, 0.25) is 0 Å². The zero-order valence-electron chi connectivity index (χ0n) is 11.0. The van der Waals surface area contributed by atoms with Crippen LogP contribution in [0, 0.1) is 5.41 Å². The summed E-state index contributed by atoms with van der Waals surface area (Å²) in [4.78, 5) is 2.37. The Balaban J connectivity index is 2.52. The maximum Gasteiger partial charge on any atom is 0.0531 e. The van der Waals surface area contributed by atoms with Gasteiger partial charge in [-0.2, -0.15) is 0 Å². The SMILES string of the molecule is C=C(C)CN(C)CC1(COC)CCNCC1. The van der Waals surface area contributed by atoms with E-state index in [9.17, 15) is 0 Å². The van der Waals surface area contributed by atoms with Crippen molar-refractivity contribution < 1.29 is 4.74 Å². The fourth-order valence-corrected chi connectivity index (χ4v) is 2.70. The van der Waals surface area contributed by atoms with Crippen LogP contribution in [0.4, 0.5) is 0 Å². The second-order valence-electron chi connectivity index (χ2n) is 5.31. The van der Waals surface area contributed by atoms with Gasteiger partial charge in [-0.3, -0.25) is 0 Å². The zero-order chi connectivity index (χ0) is 12.0. The van der Waals surface area contributed by atoms with Gasteiger partial charge in [0.05, 0.1) is 6.61 Å². The van der Waals surface area contributed by atoms with Crippen LogP contribution >= 0.6 is 0 Å². The van der Waals surface area contributed by atoms with Gasteiger partial charge in [-0.25, -0.2) is 0 Å². The number of hydrogen-bond acceptors (Lipinski definition) is 3. The van der Waals surface area contributed by atoms with Crippen molar-refractivity contribution in [2.75, 3.05) is 46.9 Å². The summed E-state index contributed by atoms with van der Waals surface area (Å²) >= 11 is 0. The predicted octanol–water partition coefficient (Wildman–Crippen LogP) is 1.51. The Morgan fingerprint density at radius 3 is 2.56 bits per heavy atom. The maximum atomic E-state index is 5.41. The van der Waals surface area contributed by atoms with Crippen molar-refractivity contribution in [1.29, 1.82) is 0 Å². The average Bonchev–Trinajstić information content (AvgIpc) is 2.17. The first-order valence-corrected chi connectivity index (χ1v) is 6.11. The summed E-state index contributed by atoms with van der Waals surface area (Å²) in [5, 5.41) is 3.42. The molecule has 0 amide bonds. The van der Waals surface area contributed by atoms with Crippen molar-refractivity contribution in [2.45, 2.75) is 19.8 Å². The summed E-state index contributed by atoms with van der Waals surface area (Å²) in [6.07, 6.45) is 2.42. The summed E-state index contributed by atoms with van der Waals surface area (Å²) < 4.78 is 5.41. The lowest BCUT2D eigenvalue weighted by molar-refractivity contribution is 0.0304. The standard InChI is InChI=1S/C13H26N2O/c1-12(2)9-15(3)10-13(11-16-4)5-7-14-8-6-13/h14H,1,5-11H2,2-4H3. The Labute approximate surface area is 99.8 Å². The van der Waals surface area contributed by atoms with E-state index in [1.165, 1.54) is 18.4 Å². The third-order valence-corrected chi connectivity index (χ3v) is 3.26. The molecule has 1 heterocycles. The summed E-state index contributed by atoms with van der Waals surface area (Å²) in [5.41, 5.74) is 1.56. The molecule has 1 aliphatic rings. The van der Waals surface area contributed by atoms with Crippen LogP contribution in [-0.4, -0.2) is 51.8 Å². The van der Waals surface area contributed by atoms with Crippen molar-refractivity contribution in [3.8, 4) is 0 Å². The molecular formula is C13H26N2O. The normalized spacial score (nSPS) is 20.0. The molecule has 0 spiro atoms. The number of nitrogens with one attached hydrogen (secondary N) is 1. The molecule has 0 unspecified atom stereocenters. The van der Waals surface area contributed by atoms with E-state index in [0.29, 0.717) is 5.41 Å². The smallest absolute Gasteiger partial charge is 0.0531 e. The molecule has 3 nitrogen and oxygen atoms in total. The summed E-state index contributed by atoms with van der Waals surface area (Å²) in [6, 6.07) is 0. The number of rotatable bonds is 6. The van der Waals surface area contributed by atoms with Crippen LogP contribution < -0.4 is 5.32 Å². The van der Waals surface area contributed by atoms with Crippen molar-refractivity contribution in [1.82, 2.24) is 10.2 Å². The van der Waals surface area contributed by atoms with Gasteiger partial charge in [0.15, 0.2) is 0 Å². The molecule has 1 aliphatic heterocycles. The van der Waals surface area contributed by atoms with Crippen molar-refractivity contribution in [3.63, 3.8) is 0 Å². The molecule has 0 atom stereocenters. The molecule has 0 saturated carbocycles. The molecule has 0 bridgehead atoms. The van der Waals surface area contributed by atoms with E-state index in [0.717, 1.165) is 32.8 Å². The Bertz CT molecular complexity index is 216. The molecular weight excluding hydrogens is 200 g/mol. The van der Waals surface area contributed by atoms with Crippen LogP contribution in [0.1, 0.15) is 19.8 Å². The lowest BCUT2D eigenvalue weighted by Gasteiger charge is -2.40. The molecule has 1 N–H and O–H groups in total. The molecule has 1 rings (SSSR count). The minimum atomic E-state index is 0.337. The quantitative estimate of drug-likeness (QED) is 0.695. The number of hydrogen-bond donors (Lipinski definition) is 1. The van der Waals surface area contributed by atoms with E-state index in [1.54, 1.807) is 0 Å². The Morgan fingerprint density at radius 1 is 1.44 bits per heavy atom. The molecule has 1 fully saturated rings. The Morgan fingerprint density at radius 2 is 2.06 bits per heavy atom. The van der Waals surface area contributed by atoms with Crippen LogP contribution in [0.25, 0.3) is 0 Å². The van der Waals surface area contributed by atoms with Gasteiger partial charge in [-0.1, -0.05) is 12.2 Å². The largest absolute Gasteiger partial charge is 0.384 e. The third-order valence-electron chi connectivity index (χ3n) is 3.26. The number of likely N-dealkylation sites (N-methyl/N-ethyl adjacent to an activating group) is 1. The minimum Gasteiger partial charge on any atom is -0.384 e. The van der Waals surface area contributed by atoms with E-state index < -0.39 is 0 Å². The molecule has 0 radical (unpaired) electrons. The van der Waals surface area contributed by atoms with E-state index in [-0.39, 0.29) is 0 Å². The number of piperidine rings is 1. The van der Waals surface area contributed by atoms with Crippen molar-refractivity contribution >= 4 is 0 Å². The van der Waals surface area contributed by atoms with Crippen molar-refractivity contribution in [2.24, 2.45) is 5.41 Å². The van der Waals surface area contributed by atoms with Gasteiger partial charge < -0.3 is 15.0 Å². The highest BCUT2D eigenvalue weighted by Crippen LogP contribution is 2.30. The highest BCUT2D eigenvalue weighted by Gasteiger charge is 2.33. The highest BCUT2D eigenvalue weighted by atomic mass is 16.5. The van der Waals surface area contributed by atoms with Crippen LogP contribution in [0.3, 0.4) is 0 Å².